The maximum absolute atomic E-state index is 13.3. The van der Waals surface area contributed by atoms with Gasteiger partial charge >= 0.3 is 0 Å². The second-order valence-electron chi connectivity index (χ2n) is 8.04. The third-order valence-electron chi connectivity index (χ3n) is 5.40. The number of para-hydroxylation sites is 1. The summed E-state index contributed by atoms with van der Waals surface area (Å²) in [5, 5.41) is 5.42. The van der Waals surface area contributed by atoms with E-state index in [2.05, 4.69) is 10.6 Å². The van der Waals surface area contributed by atoms with Gasteiger partial charge in [-0.25, -0.2) is 12.8 Å². The first-order chi connectivity index (χ1) is 17.6. The van der Waals surface area contributed by atoms with Crippen molar-refractivity contribution in [3.8, 4) is 11.5 Å². The zero-order chi connectivity index (χ0) is 27.0. The van der Waals surface area contributed by atoms with Gasteiger partial charge in [-0.05, 0) is 60.5 Å². The van der Waals surface area contributed by atoms with Crippen LogP contribution in [-0.2, 0) is 21.2 Å². The van der Waals surface area contributed by atoms with E-state index in [1.54, 1.807) is 44.6 Å². The van der Waals surface area contributed by atoms with E-state index >= 15 is 0 Å². The van der Waals surface area contributed by atoms with Gasteiger partial charge in [0.25, 0.3) is 5.91 Å². The van der Waals surface area contributed by atoms with Gasteiger partial charge in [-0.2, -0.15) is 0 Å². The average molecular weight is 530 g/mol. The van der Waals surface area contributed by atoms with E-state index in [0.29, 0.717) is 24.5 Å². The van der Waals surface area contributed by atoms with Crippen LogP contribution in [0.4, 0.5) is 15.8 Å². The number of anilines is 2. The lowest BCUT2D eigenvalue weighted by atomic mass is 10.1. The monoisotopic (exact) mass is 529 g/mol. The zero-order valence-electron chi connectivity index (χ0n) is 20.7. The fraction of sp³-hybridized carbons (Fsp3) is 0.231. The summed E-state index contributed by atoms with van der Waals surface area (Å²) in [5.41, 5.74) is 1.51. The van der Waals surface area contributed by atoms with E-state index in [1.165, 1.54) is 12.1 Å². The number of nitrogens with zero attached hydrogens (tertiary/aromatic N) is 1. The molecule has 3 aromatic rings. The summed E-state index contributed by atoms with van der Waals surface area (Å²) in [4.78, 5) is 25.6. The number of nitrogens with one attached hydrogen (secondary N) is 2. The average Bonchev–Trinajstić information content (AvgIpc) is 2.87. The van der Waals surface area contributed by atoms with Gasteiger partial charge in [-0.1, -0.05) is 18.2 Å². The van der Waals surface area contributed by atoms with E-state index in [0.717, 1.165) is 28.3 Å². The summed E-state index contributed by atoms with van der Waals surface area (Å²) in [7, 11) is -0.742. The molecule has 11 heteroatoms. The highest BCUT2D eigenvalue weighted by atomic mass is 32.2. The van der Waals surface area contributed by atoms with Crippen LogP contribution in [0.1, 0.15) is 15.9 Å². The molecule has 9 nitrogen and oxygen atoms in total. The minimum Gasteiger partial charge on any atom is -0.493 e. The van der Waals surface area contributed by atoms with Crippen LogP contribution in [0.5, 0.6) is 11.5 Å². The third-order valence-corrected chi connectivity index (χ3v) is 6.54. The molecule has 0 saturated heterocycles. The Labute approximate surface area is 215 Å². The second-order valence-corrected chi connectivity index (χ2v) is 9.94. The quantitative estimate of drug-likeness (QED) is 0.394. The predicted octanol–water partition coefficient (Wildman–Crippen LogP) is 3.22. The summed E-state index contributed by atoms with van der Waals surface area (Å²) in [6.07, 6.45) is 1.48. The Morgan fingerprint density at radius 3 is 2.27 bits per heavy atom. The van der Waals surface area contributed by atoms with Crippen molar-refractivity contribution in [1.29, 1.82) is 0 Å². The summed E-state index contributed by atoms with van der Waals surface area (Å²) in [5.74, 6) is -0.417. The number of carbonyl (C=O) groups is 2. The number of hydrogen-bond acceptors (Lipinski definition) is 6. The Hall–Kier alpha value is -4.12. The number of hydrogen-bond donors (Lipinski definition) is 2. The molecule has 0 aliphatic rings. The van der Waals surface area contributed by atoms with E-state index in [1.807, 2.05) is 12.1 Å². The normalized spacial score (nSPS) is 10.9. The first-order valence-electron chi connectivity index (χ1n) is 11.2. The van der Waals surface area contributed by atoms with Crippen molar-refractivity contribution in [2.45, 2.75) is 6.42 Å². The van der Waals surface area contributed by atoms with Gasteiger partial charge < -0.3 is 20.1 Å². The van der Waals surface area contributed by atoms with Gasteiger partial charge in [0, 0.05) is 6.54 Å². The first-order valence-corrected chi connectivity index (χ1v) is 13.1. The van der Waals surface area contributed by atoms with E-state index in [-0.39, 0.29) is 16.9 Å². The molecule has 2 amide bonds. The molecule has 3 aromatic carbocycles. The van der Waals surface area contributed by atoms with Crippen molar-refractivity contribution in [3.05, 3.63) is 83.7 Å². The summed E-state index contributed by atoms with van der Waals surface area (Å²) in [6, 6.07) is 16.6. The molecule has 2 N–H and O–H groups in total. The number of amides is 2. The van der Waals surface area contributed by atoms with Crippen LogP contribution in [0.25, 0.3) is 0 Å². The Bertz CT molecular complexity index is 1360. The van der Waals surface area contributed by atoms with Crippen molar-refractivity contribution in [2.24, 2.45) is 0 Å². The predicted molar refractivity (Wildman–Crippen MR) is 139 cm³/mol. The molecular formula is C26H28FN3O6S. The Morgan fingerprint density at radius 1 is 0.946 bits per heavy atom. The standard InChI is InChI=1S/C26H28FN3O6S/c1-35-23-13-8-18(16-24(23)36-2)14-15-28-26(32)21-6-4-5-7-22(21)29-25(31)17-30(37(3,33)34)20-11-9-19(27)10-12-20/h4-13,16H,14-15,17H2,1-3H3,(H,28,32)(H,29,31). The van der Waals surface area contributed by atoms with Gasteiger partial charge in [-0.15, -0.1) is 0 Å². The van der Waals surface area contributed by atoms with Crippen LogP contribution >= 0.6 is 0 Å². The number of sulfonamides is 1. The molecule has 0 fully saturated rings. The number of carbonyl (C=O) groups excluding carboxylic acids is 2. The Kier molecular flexibility index (Phi) is 9.07. The van der Waals surface area contributed by atoms with Crippen LogP contribution in [-0.4, -0.2) is 53.8 Å². The fourth-order valence-electron chi connectivity index (χ4n) is 3.57. The largest absolute Gasteiger partial charge is 0.493 e. The van der Waals surface area contributed by atoms with E-state index < -0.39 is 34.2 Å². The number of benzene rings is 3. The number of ether oxygens (including phenoxy) is 2. The van der Waals surface area contributed by atoms with Crippen LogP contribution < -0.4 is 24.4 Å². The number of rotatable bonds is 11. The van der Waals surface area contributed by atoms with Crippen molar-refractivity contribution < 1.29 is 31.9 Å². The Balaban J connectivity index is 1.66. The van der Waals surface area contributed by atoms with Crippen molar-refractivity contribution in [1.82, 2.24) is 5.32 Å². The molecule has 3 rings (SSSR count). The molecule has 0 unspecified atom stereocenters. The molecule has 196 valence electrons. The van der Waals surface area contributed by atoms with Crippen molar-refractivity contribution >= 4 is 33.2 Å². The molecule has 0 aromatic heterocycles. The molecule has 37 heavy (non-hydrogen) atoms. The maximum atomic E-state index is 13.3. The highest BCUT2D eigenvalue weighted by Gasteiger charge is 2.22. The maximum Gasteiger partial charge on any atom is 0.253 e. The second kappa shape index (κ2) is 12.2. The highest BCUT2D eigenvalue weighted by Crippen LogP contribution is 2.27. The summed E-state index contributed by atoms with van der Waals surface area (Å²) in [6.45, 7) is -0.233. The molecule has 0 radical (unpaired) electrons. The molecule has 0 bridgehead atoms. The molecule has 0 heterocycles. The SMILES string of the molecule is COc1ccc(CCNC(=O)c2ccccc2NC(=O)CN(c2ccc(F)cc2)S(C)(=O)=O)cc1OC. The molecule has 0 saturated carbocycles. The van der Waals surface area contributed by atoms with E-state index in [4.69, 9.17) is 9.47 Å². The van der Waals surface area contributed by atoms with Crippen LogP contribution in [0.15, 0.2) is 66.7 Å². The lowest BCUT2D eigenvalue weighted by Gasteiger charge is -2.22. The lowest BCUT2D eigenvalue weighted by Crippen LogP contribution is -2.37. The Morgan fingerprint density at radius 2 is 1.62 bits per heavy atom. The van der Waals surface area contributed by atoms with Gasteiger partial charge in [0.05, 0.1) is 37.4 Å². The third kappa shape index (κ3) is 7.43. The minimum atomic E-state index is -3.84. The van der Waals surface area contributed by atoms with Crippen LogP contribution in [0, 0.1) is 5.82 Å². The number of halogens is 1. The lowest BCUT2D eigenvalue weighted by molar-refractivity contribution is -0.114. The van der Waals surface area contributed by atoms with Gasteiger partial charge in [-0.3, -0.25) is 13.9 Å². The fourth-order valence-corrected chi connectivity index (χ4v) is 4.43. The van der Waals surface area contributed by atoms with Crippen LogP contribution in [0.3, 0.4) is 0 Å². The first kappa shape index (κ1) is 27.5. The molecule has 0 aliphatic heterocycles. The molecular weight excluding hydrogens is 501 g/mol. The summed E-state index contributed by atoms with van der Waals surface area (Å²) >= 11 is 0. The number of methoxy groups -OCH3 is 2. The van der Waals surface area contributed by atoms with Gasteiger partial charge in [0.2, 0.25) is 15.9 Å². The summed E-state index contributed by atoms with van der Waals surface area (Å²) < 4.78 is 49.2. The topological polar surface area (TPSA) is 114 Å². The van der Waals surface area contributed by atoms with Crippen molar-refractivity contribution in [3.63, 3.8) is 0 Å². The molecule has 0 aliphatic carbocycles. The zero-order valence-corrected chi connectivity index (χ0v) is 21.5. The highest BCUT2D eigenvalue weighted by molar-refractivity contribution is 7.92. The van der Waals surface area contributed by atoms with Crippen molar-refractivity contribution in [2.75, 3.05) is 43.2 Å². The molecule has 0 spiro atoms. The van der Waals surface area contributed by atoms with Gasteiger partial charge in [0.15, 0.2) is 11.5 Å². The van der Waals surface area contributed by atoms with Gasteiger partial charge in [0.1, 0.15) is 12.4 Å². The van der Waals surface area contributed by atoms with Crippen LogP contribution in [0.2, 0.25) is 0 Å². The molecule has 0 atom stereocenters. The van der Waals surface area contributed by atoms with E-state index in [9.17, 15) is 22.4 Å². The minimum absolute atomic E-state index is 0.139. The smallest absolute Gasteiger partial charge is 0.253 e.